The quantitative estimate of drug-likeness (QED) is 0.801. The van der Waals surface area contributed by atoms with E-state index in [1.165, 1.54) is 0 Å². The number of carbonyl (C=O) groups excluding carboxylic acids is 1. The zero-order chi connectivity index (χ0) is 14.4. The summed E-state index contributed by atoms with van der Waals surface area (Å²) in [7, 11) is -1.46. The van der Waals surface area contributed by atoms with Crippen molar-refractivity contribution in [3.8, 4) is 0 Å². The van der Waals surface area contributed by atoms with Crippen LogP contribution >= 0.6 is 0 Å². The number of Topliss-reactive ketones (excluding diaryl/α,β-unsaturated/α-hetero) is 1. The zero-order valence-corrected chi connectivity index (χ0v) is 13.4. The second-order valence-corrected chi connectivity index (χ2v) is 12.0. The van der Waals surface area contributed by atoms with Crippen molar-refractivity contribution in [2.75, 3.05) is 0 Å². The minimum atomic E-state index is -1.54. The Labute approximate surface area is 111 Å². The Kier molecular flexibility index (Phi) is 3.67. The van der Waals surface area contributed by atoms with Crippen molar-refractivity contribution < 1.29 is 14.6 Å². The fourth-order valence-corrected chi connectivity index (χ4v) is 2.44. The molecule has 1 rings (SSSR count). The minimum Gasteiger partial charge on any atom is -0.488 e. The molecule has 3 nitrogen and oxygen atoms in total. The summed E-state index contributed by atoms with van der Waals surface area (Å²) in [6, 6.07) is 0. The molecule has 18 heavy (non-hydrogen) atoms. The van der Waals surface area contributed by atoms with E-state index in [1.54, 1.807) is 13.0 Å². The monoisotopic (exact) mass is 268 g/mol. The van der Waals surface area contributed by atoms with Crippen LogP contribution < -0.4 is 0 Å². The van der Waals surface area contributed by atoms with E-state index >= 15 is 0 Å². The first-order chi connectivity index (χ1) is 7.87. The van der Waals surface area contributed by atoms with E-state index < -0.39 is 19.3 Å². The van der Waals surface area contributed by atoms with Crippen molar-refractivity contribution in [3.63, 3.8) is 0 Å². The largest absolute Gasteiger partial charge is 0.488 e. The summed E-state index contributed by atoms with van der Waals surface area (Å²) < 4.78 is 5.71. The molecule has 0 aliphatic heterocycles. The summed E-state index contributed by atoms with van der Waals surface area (Å²) in [5.41, 5.74) is 0.534. The van der Waals surface area contributed by atoms with E-state index in [4.69, 9.17) is 4.74 Å². The number of ether oxygens (including phenoxy) is 1. The van der Waals surface area contributed by atoms with Gasteiger partial charge in [-0.1, -0.05) is 25.3 Å². The van der Waals surface area contributed by atoms with Gasteiger partial charge >= 0.3 is 0 Å². The highest BCUT2D eigenvalue weighted by Crippen LogP contribution is 2.39. The van der Waals surface area contributed by atoms with Crippen LogP contribution in [0.5, 0.6) is 0 Å². The summed E-state index contributed by atoms with van der Waals surface area (Å²) in [5.74, 6) is 0.144. The van der Waals surface area contributed by atoms with Crippen molar-refractivity contribution in [1.82, 2.24) is 0 Å². The number of hydrogen-bond donors (Lipinski definition) is 1. The number of ketones is 1. The maximum absolute atomic E-state index is 11.9. The van der Waals surface area contributed by atoms with Crippen LogP contribution in [0.15, 0.2) is 23.1 Å². The number of aliphatic hydroxyl groups is 1. The maximum atomic E-state index is 11.9. The topological polar surface area (TPSA) is 46.5 Å². The number of rotatable bonds is 3. The molecule has 1 aliphatic rings. The van der Waals surface area contributed by atoms with Crippen molar-refractivity contribution in [2.45, 2.75) is 58.5 Å². The molecule has 0 saturated heterocycles. The summed E-state index contributed by atoms with van der Waals surface area (Å²) in [5, 5.41) is 10.4. The lowest BCUT2D eigenvalue weighted by molar-refractivity contribution is -0.138. The van der Waals surface area contributed by atoms with Crippen molar-refractivity contribution in [3.05, 3.63) is 23.1 Å². The van der Waals surface area contributed by atoms with E-state index in [9.17, 15) is 9.90 Å². The molecule has 1 N–H and O–H groups in total. The van der Waals surface area contributed by atoms with Gasteiger partial charge in [-0.2, -0.15) is 0 Å². The molecular weight excluding hydrogens is 244 g/mol. The van der Waals surface area contributed by atoms with Crippen LogP contribution in [0.3, 0.4) is 0 Å². The summed E-state index contributed by atoms with van der Waals surface area (Å²) >= 11 is 0. The van der Waals surface area contributed by atoms with Gasteiger partial charge in [-0.3, -0.25) is 4.79 Å². The molecule has 0 spiro atoms. The SMILES string of the molecule is CC1=C(OC(C)(C)C)C(O)(/C=C\[Si](C)(C)C)C1=O. The number of carbonyl (C=O) groups is 1. The Balaban J connectivity index is 3.03. The van der Waals surface area contributed by atoms with Gasteiger partial charge in [0, 0.05) is 5.57 Å². The zero-order valence-electron chi connectivity index (χ0n) is 12.4. The van der Waals surface area contributed by atoms with Gasteiger partial charge in [0.15, 0.2) is 0 Å². The van der Waals surface area contributed by atoms with Gasteiger partial charge in [0.2, 0.25) is 11.4 Å². The molecule has 0 heterocycles. The molecule has 0 fully saturated rings. The van der Waals surface area contributed by atoms with Gasteiger partial charge in [-0.15, -0.1) is 0 Å². The normalized spacial score (nSPS) is 25.7. The molecule has 1 atom stereocenters. The van der Waals surface area contributed by atoms with E-state index in [-0.39, 0.29) is 5.78 Å². The molecule has 102 valence electrons. The van der Waals surface area contributed by atoms with Crippen LogP contribution in [0.2, 0.25) is 19.6 Å². The van der Waals surface area contributed by atoms with Gasteiger partial charge in [-0.05, 0) is 33.8 Å². The van der Waals surface area contributed by atoms with Gasteiger partial charge in [0.1, 0.15) is 11.4 Å². The van der Waals surface area contributed by atoms with Crippen molar-refractivity contribution >= 4 is 13.9 Å². The fourth-order valence-electron chi connectivity index (χ4n) is 1.70. The van der Waals surface area contributed by atoms with E-state index in [2.05, 4.69) is 19.6 Å². The third-order valence-corrected chi connectivity index (χ3v) is 3.77. The molecule has 1 aliphatic carbocycles. The fraction of sp³-hybridized carbons (Fsp3) is 0.643. The first kappa shape index (κ1) is 15.2. The highest BCUT2D eigenvalue weighted by molar-refractivity contribution is 6.81. The molecule has 0 aromatic heterocycles. The van der Waals surface area contributed by atoms with E-state index in [1.807, 2.05) is 26.5 Å². The molecular formula is C14H24O3Si. The molecule has 0 aromatic carbocycles. The predicted octanol–water partition coefficient (Wildman–Crippen LogP) is 2.82. The lowest BCUT2D eigenvalue weighted by atomic mass is 9.78. The first-order valence-corrected chi connectivity index (χ1v) is 9.82. The average molecular weight is 268 g/mol. The summed E-state index contributed by atoms with van der Waals surface area (Å²) in [6.45, 7) is 13.8. The third kappa shape index (κ3) is 3.12. The second kappa shape index (κ2) is 4.35. The van der Waals surface area contributed by atoms with Crippen LogP contribution in [-0.2, 0) is 9.53 Å². The Morgan fingerprint density at radius 3 is 2.17 bits per heavy atom. The Bertz CT molecular complexity index is 421. The van der Waals surface area contributed by atoms with Gasteiger partial charge < -0.3 is 9.84 Å². The minimum absolute atomic E-state index is 0.253. The molecule has 0 amide bonds. The van der Waals surface area contributed by atoms with Gasteiger partial charge in [0.05, 0.1) is 8.07 Å². The Hall–Kier alpha value is -0.873. The molecule has 0 radical (unpaired) electrons. The first-order valence-electron chi connectivity index (χ1n) is 6.25. The van der Waals surface area contributed by atoms with Crippen LogP contribution in [0.25, 0.3) is 0 Å². The van der Waals surface area contributed by atoms with Gasteiger partial charge in [0.25, 0.3) is 0 Å². The molecule has 1 unspecified atom stereocenters. The van der Waals surface area contributed by atoms with Crippen molar-refractivity contribution in [2.24, 2.45) is 0 Å². The summed E-state index contributed by atoms with van der Waals surface area (Å²) in [6.07, 6.45) is 1.61. The van der Waals surface area contributed by atoms with Crippen LogP contribution in [0.4, 0.5) is 0 Å². The maximum Gasteiger partial charge on any atom is 0.205 e. The van der Waals surface area contributed by atoms with Crippen molar-refractivity contribution in [1.29, 1.82) is 0 Å². The van der Waals surface area contributed by atoms with Gasteiger partial charge in [-0.25, -0.2) is 0 Å². The van der Waals surface area contributed by atoms with E-state index in [0.29, 0.717) is 11.3 Å². The van der Waals surface area contributed by atoms with E-state index in [0.717, 1.165) is 0 Å². The Morgan fingerprint density at radius 2 is 1.78 bits per heavy atom. The summed E-state index contributed by atoms with van der Waals surface area (Å²) in [4.78, 5) is 11.9. The smallest absolute Gasteiger partial charge is 0.205 e. The third-order valence-electron chi connectivity index (χ3n) is 2.61. The molecule has 4 heteroatoms. The second-order valence-electron chi connectivity index (χ2n) is 6.96. The highest BCUT2D eigenvalue weighted by atomic mass is 28.3. The standard InChI is InChI=1S/C14H24O3Si/c1-10-11(15)14(16,8-9-18(5,6)7)12(10)17-13(2,3)4/h8-9,16H,1-7H3/b9-8-. The number of hydrogen-bond acceptors (Lipinski definition) is 3. The average Bonchev–Trinajstić information content (AvgIpc) is 2.19. The van der Waals surface area contributed by atoms with Crippen LogP contribution in [0, 0.1) is 0 Å². The highest BCUT2D eigenvalue weighted by Gasteiger charge is 2.52. The lowest BCUT2D eigenvalue weighted by Gasteiger charge is -2.40. The Morgan fingerprint density at radius 1 is 1.28 bits per heavy atom. The van der Waals surface area contributed by atoms with Crippen LogP contribution in [0.1, 0.15) is 27.7 Å². The lowest BCUT2D eigenvalue weighted by Crippen LogP contribution is -2.51. The molecule has 0 aromatic rings. The molecule has 0 bridgehead atoms. The molecule has 0 saturated carbocycles. The predicted molar refractivity (Wildman–Crippen MR) is 76.0 cm³/mol. The van der Waals surface area contributed by atoms with Crippen LogP contribution in [-0.4, -0.2) is 30.2 Å².